The Bertz CT molecular complexity index is 536. The van der Waals surface area contributed by atoms with Gasteiger partial charge in [0, 0.05) is 13.6 Å². The number of nitrogens with zero attached hydrogens (tertiary/aromatic N) is 2. The lowest BCUT2D eigenvalue weighted by molar-refractivity contribution is -0.134. The Morgan fingerprint density at radius 3 is 2.75 bits per heavy atom. The number of carbonyl (C=O) groups excluding carboxylic acids is 2. The summed E-state index contributed by atoms with van der Waals surface area (Å²) in [7, 11) is 1.79. The van der Waals surface area contributed by atoms with Crippen LogP contribution in [0.15, 0.2) is 30.3 Å². The van der Waals surface area contributed by atoms with E-state index in [4.69, 9.17) is 10.5 Å². The minimum atomic E-state index is -0.332. The van der Waals surface area contributed by atoms with Gasteiger partial charge in [0.15, 0.2) is 0 Å². The number of likely N-dealkylation sites (N-methyl/N-ethyl adjacent to an activating group) is 1. The summed E-state index contributed by atoms with van der Waals surface area (Å²) in [6.45, 7) is 2.20. The molecule has 0 aliphatic carbocycles. The van der Waals surface area contributed by atoms with Crippen LogP contribution in [0.2, 0.25) is 0 Å². The zero-order chi connectivity index (χ0) is 17.4. The molecule has 6 nitrogen and oxygen atoms in total. The highest BCUT2D eigenvalue weighted by Gasteiger charge is 2.28. The zero-order valence-corrected chi connectivity index (χ0v) is 14.3. The molecule has 2 rings (SSSR count). The molecule has 1 saturated heterocycles. The summed E-state index contributed by atoms with van der Waals surface area (Å²) in [4.78, 5) is 27.4. The number of nitrogens with two attached hydrogens (primary N) is 1. The number of benzene rings is 1. The van der Waals surface area contributed by atoms with Crippen LogP contribution >= 0.6 is 0 Å². The van der Waals surface area contributed by atoms with Gasteiger partial charge in [-0.3, -0.25) is 14.5 Å². The maximum absolute atomic E-state index is 12.3. The number of piperidine rings is 1. The third kappa shape index (κ3) is 5.53. The minimum absolute atomic E-state index is 0.0165. The standard InChI is InChI=1S/C18H27N3O3/c1-20(11-7-13-24-15-8-3-2-4-9-15)17(22)14-21-12-6-5-10-16(21)18(19)23/h2-4,8-9,16H,5-7,10-14H2,1H3,(H2,19,23). The number of carbonyl (C=O) groups is 2. The van der Waals surface area contributed by atoms with E-state index in [0.29, 0.717) is 13.2 Å². The Labute approximate surface area is 143 Å². The van der Waals surface area contributed by atoms with Crippen LogP contribution in [-0.2, 0) is 9.59 Å². The van der Waals surface area contributed by atoms with E-state index in [2.05, 4.69) is 0 Å². The Balaban J connectivity index is 1.70. The topological polar surface area (TPSA) is 75.9 Å². The average molecular weight is 333 g/mol. The van der Waals surface area contributed by atoms with Gasteiger partial charge >= 0.3 is 0 Å². The maximum Gasteiger partial charge on any atom is 0.236 e. The summed E-state index contributed by atoms with van der Waals surface area (Å²) in [6.07, 6.45) is 3.50. The molecule has 0 aromatic heterocycles. The number of hydrogen-bond acceptors (Lipinski definition) is 4. The van der Waals surface area contributed by atoms with Crippen LogP contribution in [0.3, 0.4) is 0 Å². The highest BCUT2D eigenvalue weighted by Crippen LogP contribution is 2.16. The molecule has 0 saturated carbocycles. The predicted octanol–water partition coefficient (Wildman–Crippen LogP) is 1.25. The third-order valence-corrected chi connectivity index (χ3v) is 4.36. The van der Waals surface area contributed by atoms with Crippen molar-refractivity contribution in [3.05, 3.63) is 30.3 Å². The van der Waals surface area contributed by atoms with E-state index in [1.54, 1.807) is 11.9 Å². The molecule has 1 atom stereocenters. The normalized spacial score (nSPS) is 18.1. The molecule has 0 radical (unpaired) electrons. The fraction of sp³-hybridized carbons (Fsp3) is 0.556. The summed E-state index contributed by atoms with van der Waals surface area (Å²) in [5, 5.41) is 0. The number of para-hydroxylation sites is 1. The largest absolute Gasteiger partial charge is 0.494 e. The summed E-state index contributed by atoms with van der Waals surface area (Å²) in [5.41, 5.74) is 5.44. The number of likely N-dealkylation sites (tertiary alicyclic amines) is 1. The first-order chi connectivity index (χ1) is 11.6. The van der Waals surface area contributed by atoms with Crippen molar-refractivity contribution < 1.29 is 14.3 Å². The van der Waals surface area contributed by atoms with Crippen molar-refractivity contribution in [1.29, 1.82) is 0 Å². The van der Waals surface area contributed by atoms with Crippen molar-refractivity contribution in [3.63, 3.8) is 0 Å². The second-order valence-corrected chi connectivity index (χ2v) is 6.21. The Kier molecular flexibility index (Phi) is 7.06. The lowest BCUT2D eigenvalue weighted by atomic mass is 10.0. The minimum Gasteiger partial charge on any atom is -0.494 e. The van der Waals surface area contributed by atoms with Crippen molar-refractivity contribution >= 4 is 11.8 Å². The first-order valence-electron chi connectivity index (χ1n) is 8.53. The first-order valence-corrected chi connectivity index (χ1v) is 8.53. The highest BCUT2D eigenvalue weighted by molar-refractivity contribution is 5.82. The predicted molar refractivity (Wildman–Crippen MR) is 92.6 cm³/mol. The molecular formula is C18H27N3O3. The van der Waals surface area contributed by atoms with Gasteiger partial charge in [-0.05, 0) is 37.9 Å². The van der Waals surface area contributed by atoms with Crippen LogP contribution in [0.5, 0.6) is 5.75 Å². The SMILES string of the molecule is CN(CCCOc1ccccc1)C(=O)CN1CCCCC1C(N)=O. The second kappa shape index (κ2) is 9.27. The van der Waals surface area contributed by atoms with Gasteiger partial charge in [0.2, 0.25) is 11.8 Å². The van der Waals surface area contributed by atoms with E-state index >= 15 is 0 Å². The molecule has 6 heteroatoms. The molecule has 1 aliphatic heterocycles. The molecule has 132 valence electrons. The number of rotatable bonds is 8. The van der Waals surface area contributed by atoms with Crippen molar-refractivity contribution in [3.8, 4) is 5.75 Å². The molecule has 1 aromatic carbocycles. The van der Waals surface area contributed by atoms with Crippen LogP contribution in [0.1, 0.15) is 25.7 Å². The van der Waals surface area contributed by atoms with E-state index < -0.39 is 0 Å². The molecule has 0 spiro atoms. The van der Waals surface area contributed by atoms with Gasteiger partial charge in [0.1, 0.15) is 5.75 Å². The quantitative estimate of drug-likeness (QED) is 0.727. The van der Waals surface area contributed by atoms with Crippen molar-refractivity contribution in [2.75, 3.05) is 33.3 Å². The van der Waals surface area contributed by atoms with Crippen LogP contribution in [-0.4, -0.2) is 60.9 Å². The van der Waals surface area contributed by atoms with E-state index in [1.807, 2.05) is 35.2 Å². The molecule has 1 aliphatic rings. The highest BCUT2D eigenvalue weighted by atomic mass is 16.5. The van der Waals surface area contributed by atoms with E-state index in [-0.39, 0.29) is 24.4 Å². The van der Waals surface area contributed by atoms with Gasteiger partial charge in [-0.1, -0.05) is 24.6 Å². The van der Waals surface area contributed by atoms with E-state index in [9.17, 15) is 9.59 Å². The third-order valence-electron chi connectivity index (χ3n) is 4.36. The van der Waals surface area contributed by atoms with Crippen molar-refractivity contribution in [1.82, 2.24) is 9.80 Å². The zero-order valence-electron chi connectivity index (χ0n) is 14.3. The van der Waals surface area contributed by atoms with E-state index in [0.717, 1.165) is 38.0 Å². The molecule has 1 heterocycles. The lowest BCUT2D eigenvalue weighted by Gasteiger charge is -2.34. The molecular weight excluding hydrogens is 306 g/mol. The second-order valence-electron chi connectivity index (χ2n) is 6.21. The molecule has 0 bridgehead atoms. The fourth-order valence-electron chi connectivity index (χ4n) is 2.93. The van der Waals surface area contributed by atoms with Gasteiger partial charge in [0.05, 0.1) is 19.2 Å². The summed E-state index contributed by atoms with van der Waals surface area (Å²) in [5.74, 6) is 0.522. The van der Waals surface area contributed by atoms with Crippen molar-refractivity contribution in [2.24, 2.45) is 5.73 Å². The molecule has 1 fully saturated rings. The van der Waals surface area contributed by atoms with Crippen LogP contribution in [0.25, 0.3) is 0 Å². The van der Waals surface area contributed by atoms with Crippen LogP contribution < -0.4 is 10.5 Å². The fourth-order valence-corrected chi connectivity index (χ4v) is 2.93. The van der Waals surface area contributed by atoms with Gasteiger partial charge in [-0.25, -0.2) is 0 Å². The average Bonchev–Trinajstić information content (AvgIpc) is 2.59. The first kappa shape index (κ1) is 18.3. The molecule has 24 heavy (non-hydrogen) atoms. The van der Waals surface area contributed by atoms with Gasteiger partial charge in [-0.2, -0.15) is 0 Å². The van der Waals surface area contributed by atoms with E-state index in [1.165, 1.54) is 0 Å². The smallest absolute Gasteiger partial charge is 0.236 e. The van der Waals surface area contributed by atoms with Crippen LogP contribution in [0.4, 0.5) is 0 Å². The van der Waals surface area contributed by atoms with Crippen molar-refractivity contribution in [2.45, 2.75) is 31.7 Å². The molecule has 2 N–H and O–H groups in total. The molecule has 2 amide bonds. The Morgan fingerprint density at radius 2 is 2.04 bits per heavy atom. The number of hydrogen-bond donors (Lipinski definition) is 1. The monoisotopic (exact) mass is 333 g/mol. The summed E-state index contributed by atoms with van der Waals surface area (Å²) >= 11 is 0. The van der Waals surface area contributed by atoms with Gasteiger partial charge < -0.3 is 15.4 Å². The number of primary amides is 1. The van der Waals surface area contributed by atoms with Crippen LogP contribution in [0, 0.1) is 0 Å². The van der Waals surface area contributed by atoms with Gasteiger partial charge in [-0.15, -0.1) is 0 Å². The Morgan fingerprint density at radius 1 is 1.29 bits per heavy atom. The molecule has 1 unspecified atom stereocenters. The van der Waals surface area contributed by atoms with Gasteiger partial charge in [0.25, 0.3) is 0 Å². The lowest BCUT2D eigenvalue weighted by Crippen LogP contribution is -2.51. The summed E-state index contributed by atoms with van der Waals surface area (Å²) < 4.78 is 5.63. The maximum atomic E-state index is 12.3. The molecule has 1 aromatic rings. The number of amides is 2. The Hall–Kier alpha value is -2.08. The number of ether oxygens (including phenoxy) is 1. The summed E-state index contributed by atoms with van der Waals surface area (Å²) in [6, 6.07) is 9.32.